The van der Waals surface area contributed by atoms with Crippen molar-refractivity contribution in [3.63, 3.8) is 0 Å². The molecule has 10 aromatic carbocycles. The first-order chi connectivity index (χ1) is 33.3. The first-order valence-corrected chi connectivity index (χ1v) is 24.2. The molecule has 1 nitrogen and oxygen atoms in total. The van der Waals surface area contributed by atoms with Crippen LogP contribution in [0.25, 0.3) is 66.8 Å². The number of hydrogen-bond acceptors (Lipinski definition) is 1. The van der Waals surface area contributed by atoms with Gasteiger partial charge in [-0.1, -0.05) is 222 Å². The summed E-state index contributed by atoms with van der Waals surface area (Å²) < 4.78 is 0. The predicted octanol–water partition coefficient (Wildman–Crippen LogP) is 17.4. The Morgan fingerprint density at radius 1 is 0.265 bits per heavy atom. The average Bonchev–Trinajstić information content (AvgIpc) is 4.02. The van der Waals surface area contributed by atoms with Crippen LogP contribution in [-0.4, -0.2) is 0 Å². The molecular formula is C67H49N. The molecule has 0 unspecified atom stereocenters. The van der Waals surface area contributed by atoms with Gasteiger partial charge in [-0.2, -0.15) is 0 Å². The summed E-state index contributed by atoms with van der Waals surface area (Å²) in [6, 6.07) is 85.2. The van der Waals surface area contributed by atoms with E-state index in [4.69, 9.17) is 0 Å². The minimum absolute atomic E-state index is 0.160. The monoisotopic (exact) mass is 867 g/mol. The van der Waals surface area contributed by atoms with Crippen molar-refractivity contribution >= 4 is 17.1 Å². The van der Waals surface area contributed by atoms with Crippen molar-refractivity contribution in [1.29, 1.82) is 0 Å². The Labute approximate surface area is 399 Å². The lowest BCUT2D eigenvalue weighted by Gasteiger charge is -2.37. The van der Waals surface area contributed by atoms with Crippen LogP contribution in [-0.2, 0) is 16.2 Å². The maximum Gasteiger partial charge on any atom is 0.0746 e. The van der Waals surface area contributed by atoms with Gasteiger partial charge in [-0.05, 0) is 130 Å². The zero-order chi connectivity index (χ0) is 45.5. The van der Waals surface area contributed by atoms with E-state index in [1.54, 1.807) is 0 Å². The summed E-state index contributed by atoms with van der Waals surface area (Å²) in [5.41, 5.74) is 28.6. The van der Waals surface area contributed by atoms with E-state index in [1.165, 1.54) is 117 Å². The molecule has 68 heavy (non-hydrogen) atoms. The molecule has 4 aliphatic carbocycles. The minimum Gasteiger partial charge on any atom is -0.310 e. The van der Waals surface area contributed by atoms with Crippen LogP contribution in [0.2, 0.25) is 0 Å². The standard InChI is InChI=1S/C67H49N/c1-65(2)56-25-13-8-20-48(56)53-36-32-44(40-61(53)65)47-38-39-55-52-24-12-17-29-60(52)67(58-27-15-10-22-50(58)51-23-11-16-28-59(51)67)63(55)64(47)68(45-33-30-43(31-34-45)42-18-6-5-7-19-42)46-35-37-54-49-21-9-14-26-57(49)66(3,4)62(54)41-46/h5-41H,1-4H3. The Bertz CT molecular complexity index is 3670. The summed E-state index contributed by atoms with van der Waals surface area (Å²) in [4.78, 5) is 2.63. The van der Waals surface area contributed by atoms with E-state index < -0.39 is 5.41 Å². The fourth-order valence-electron chi connectivity index (χ4n) is 13.2. The Morgan fingerprint density at radius 3 is 1.19 bits per heavy atom. The van der Waals surface area contributed by atoms with E-state index >= 15 is 0 Å². The van der Waals surface area contributed by atoms with E-state index in [2.05, 4.69) is 257 Å². The van der Waals surface area contributed by atoms with Gasteiger partial charge in [-0.25, -0.2) is 0 Å². The van der Waals surface area contributed by atoms with Gasteiger partial charge in [0.05, 0.1) is 11.1 Å². The molecule has 322 valence electrons. The molecular weight excluding hydrogens is 819 g/mol. The van der Waals surface area contributed by atoms with E-state index in [9.17, 15) is 0 Å². The second-order valence-corrected chi connectivity index (χ2v) is 20.4. The summed E-state index contributed by atoms with van der Waals surface area (Å²) in [6.07, 6.45) is 0. The largest absolute Gasteiger partial charge is 0.310 e. The highest BCUT2D eigenvalue weighted by molar-refractivity contribution is 6.04. The second kappa shape index (κ2) is 14.0. The average molecular weight is 868 g/mol. The molecule has 0 saturated heterocycles. The fourth-order valence-corrected chi connectivity index (χ4v) is 13.2. The normalized spacial score (nSPS) is 15.1. The summed E-state index contributed by atoms with van der Waals surface area (Å²) in [6.45, 7) is 9.59. The Balaban J connectivity index is 1.12. The molecule has 0 amide bonds. The van der Waals surface area contributed by atoms with Crippen LogP contribution in [0, 0.1) is 0 Å². The van der Waals surface area contributed by atoms with Gasteiger partial charge in [0, 0.05) is 33.3 Å². The SMILES string of the molecule is CC1(C)c2ccccc2-c2ccc(-c3ccc4c(c3N(c3ccc(-c5ccccc5)cc3)c3ccc5c(c3)C(C)(C)c3ccccc3-5)C3(c5ccccc5-c5ccccc53)c3ccccc3-4)cc21. The second-order valence-electron chi connectivity index (χ2n) is 20.4. The molecule has 0 atom stereocenters. The predicted molar refractivity (Wildman–Crippen MR) is 283 cm³/mol. The zero-order valence-corrected chi connectivity index (χ0v) is 38.8. The van der Waals surface area contributed by atoms with Crippen molar-refractivity contribution in [3.05, 3.63) is 269 Å². The van der Waals surface area contributed by atoms with Crippen molar-refractivity contribution < 1.29 is 0 Å². The smallest absolute Gasteiger partial charge is 0.0746 e. The molecule has 1 spiro atoms. The van der Waals surface area contributed by atoms with Gasteiger partial charge in [-0.3, -0.25) is 0 Å². The lowest BCUT2D eigenvalue weighted by molar-refractivity contribution is 0.660. The quantitative estimate of drug-likeness (QED) is 0.167. The van der Waals surface area contributed by atoms with Crippen molar-refractivity contribution in [1.82, 2.24) is 0 Å². The number of benzene rings is 10. The lowest BCUT2D eigenvalue weighted by Crippen LogP contribution is -2.28. The highest BCUT2D eigenvalue weighted by atomic mass is 15.2. The number of nitrogens with zero attached hydrogens (tertiary/aromatic N) is 1. The van der Waals surface area contributed by atoms with Crippen LogP contribution in [0.3, 0.4) is 0 Å². The maximum atomic E-state index is 2.63. The van der Waals surface area contributed by atoms with Gasteiger partial charge >= 0.3 is 0 Å². The Kier molecular flexibility index (Phi) is 8.08. The van der Waals surface area contributed by atoms with Crippen LogP contribution in [0.1, 0.15) is 72.2 Å². The van der Waals surface area contributed by atoms with Crippen LogP contribution in [0.15, 0.2) is 224 Å². The molecule has 0 radical (unpaired) electrons. The van der Waals surface area contributed by atoms with Crippen LogP contribution in [0.5, 0.6) is 0 Å². The molecule has 0 aliphatic heterocycles. The van der Waals surface area contributed by atoms with E-state index in [-0.39, 0.29) is 10.8 Å². The van der Waals surface area contributed by atoms with Crippen LogP contribution >= 0.6 is 0 Å². The third kappa shape index (κ3) is 5.11. The Morgan fingerprint density at radius 2 is 0.632 bits per heavy atom. The van der Waals surface area contributed by atoms with Crippen molar-refractivity contribution in [2.24, 2.45) is 0 Å². The van der Waals surface area contributed by atoms with Crippen molar-refractivity contribution in [2.75, 3.05) is 4.90 Å². The van der Waals surface area contributed by atoms with Crippen molar-refractivity contribution in [3.8, 4) is 66.8 Å². The molecule has 0 saturated carbocycles. The number of hydrogen-bond donors (Lipinski definition) is 0. The minimum atomic E-state index is -0.592. The molecule has 0 N–H and O–H groups in total. The first kappa shape index (κ1) is 39.2. The van der Waals surface area contributed by atoms with Crippen molar-refractivity contribution in [2.45, 2.75) is 43.9 Å². The maximum absolute atomic E-state index is 2.63. The van der Waals surface area contributed by atoms with E-state index in [0.29, 0.717) is 0 Å². The third-order valence-corrected chi connectivity index (χ3v) is 16.3. The molecule has 14 rings (SSSR count). The van der Waals surface area contributed by atoms with E-state index in [1.807, 2.05) is 0 Å². The van der Waals surface area contributed by atoms with Crippen LogP contribution < -0.4 is 4.90 Å². The topological polar surface area (TPSA) is 3.24 Å². The summed E-state index contributed by atoms with van der Waals surface area (Å²) in [5.74, 6) is 0. The van der Waals surface area contributed by atoms with Gasteiger partial charge in [0.1, 0.15) is 0 Å². The van der Waals surface area contributed by atoms with Gasteiger partial charge in [0.15, 0.2) is 0 Å². The Hall–Kier alpha value is -8.00. The highest BCUT2D eigenvalue weighted by Crippen LogP contribution is 2.67. The number of anilines is 3. The summed E-state index contributed by atoms with van der Waals surface area (Å²) in [7, 11) is 0. The molecule has 0 heterocycles. The molecule has 0 fully saturated rings. The molecule has 10 aromatic rings. The molecule has 0 aromatic heterocycles. The van der Waals surface area contributed by atoms with Gasteiger partial charge in [-0.15, -0.1) is 0 Å². The van der Waals surface area contributed by atoms with Crippen LogP contribution in [0.4, 0.5) is 17.1 Å². The molecule has 1 heteroatoms. The lowest BCUT2D eigenvalue weighted by atomic mass is 9.69. The summed E-state index contributed by atoms with van der Waals surface area (Å²) >= 11 is 0. The highest BCUT2D eigenvalue weighted by Gasteiger charge is 2.54. The van der Waals surface area contributed by atoms with Gasteiger partial charge < -0.3 is 4.90 Å². The van der Waals surface area contributed by atoms with Gasteiger partial charge in [0.25, 0.3) is 0 Å². The number of rotatable bonds is 5. The number of fused-ring (bicyclic) bond motifs is 16. The van der Waals surface area contributed by atoms with E-state index in [0.717, 1.165) is 11.4 Å². The third-order valence-electron chi connectivity index (χ3n) is 16.3. The molecule has 0 bridgehead atoms. The zero-order valence-electron chi connectivity index (χ0n) is 38.8. The molecule has 4 aliphatic rings. The summed E-state index contributed by atoms with van der Waals surface area (Å²) in [5, 5.41) is 0. The van der Waals surface area contributed by atoms with Gasteiger partial charge in [0.2, 0.25) is 0 Å². The first-order valence-electron chi connectivity index (χ1n) is 24.2. The fraction of sp³-hybridized carbons (Fsp3) is 0.104.